The number of nitrogens with zero attached hydrogens (tertiary/aromatic N) is 2. The third kappa shape index (κ3) is 7.95. The summed E-state index contributed by atoms with van der Waals surface area (Å²) in [6, 6.07) is 12.5. The molecule has 0 aliphatic heterocycles. The van der Waals surface area contributed by atoms with Crippen LogP contribution in [0.15, 0.2) is 53.9 Å². The van der Waals surface area contributed by atoms with Crippen molar-refractivity contribution < 1.29 is 14.0 Å². The van der Waals surface area contributed by atoms with Crippen molar-refractivity contribution in [2.75, 3.05) is 18.4 Å². The van der Waals surface area contributed by atoms with Crippen LogP contribution >= 0.6 is 34.5 Å². The highest BCUT2D eigenvalue weighted by atomic mass is 35.5. The fourth-order valence-electron chi connectivity index (χ4n) is 3.48. The summed E-state index contributed by atoms with van der Waals surface area (Å²) in [5, 5.41) is 5.51. The Morgan fingerprint density at radius 3 is 2.31 bits per heavy atom. The summed E-state index contributed by atoms with van der Waals surface area (Å²) < 4.78 is 13.4. The van der Waals surface area contributed by atoms with Gasteiger partial charge in [-0.3, -0.25) is 4.79 Å². The van der Waals surface area contributed by atoms with Gasteiger partial charge < -0.3 is 15.1 Å². The van der Waals surface area contributed by atoms with Crippen LogP contribution in [0.5, 0.6) is 0 Å². The van der Waals surface area contributed by atoms with Gasteiger partial charge in [0, 0.05) is 23.7 Å². The largest absolute Gasteiger partial charge is 0.332 e. The van der Waals surface area contributed by atoms with E-state index in [4.69, 9.17) is 23.2 Å². The van der Waals surface area contributed by atoms with Crippen LogP contribution in [0.3, 0.4) is 0 Å². The van der Waals surface area contributed by atoms with E-state index in [0.717, 1.165) is 16.0 Å². The molecule has 0 fully saturated rings. The highest BCUT2D eigenvalue weighted by Gasteiger charge is 2.23. The molecule has 0 aliphatic carbocycles. The van der Waals surface area contributed by atoms with Gasteiger partial charge in [-0.2, -0.15) is 0 Å². The minimum atomic E-state index is -0.403. The third-order valence-electron chi connectivity index (χ3n) is 5.31. The number of carbonyl (C=O) groups is 2. The molecular formula is C26H28Cl2FN3O2S. The molecule has 1 heterocycles. The number of halogens is 3. The van der Waals surface area contributed by atoms with E-state index in [-0.39, 0.29) is 24.2 Å². The lowest BCUT2D eigenvalue weighted by atomic mass is 10.2. The number of rotatable bonds is 9. The molecule has 5 nitrogen and oxygen atoms in total. The number of thiophene rings is 1. The topological polar surface area (TPSA) is 52.7 Å². The predicted molar refractivity (Wildman–Crippen MR) is 142 cm³/mol. The standard InChI is InChI=1S/C26H28Cl2FN3O2S/c1-17(2)13-32(26(34)30-21-8-9-22(27)23(28)12-21)16-25(33)31(15-24-18(3)10-11-35-24)14-19-4-6-20(29)7-5-19/h4-12,17H,13-16H2,1-3H3,(H,30,34). The molecule has 2 aromatic carbocycles. The molecule has 0 radical (unpaired) electrons. The highest BCUT2D eigenvalue weighted by molar-refractivity contribution is 7.10. The number of nitrogens with one attached hydrogen (secondary N) is 1. The maximum atomic E-state index is 13.5. The van der Waals surface area contributed by atoms with Gasteiger partial charge in [-0.15, -0.1) is 11.3 Å². The minimum Gasteiger partial charge on any atom is -0.332 e. The maximum absolute atomic E-state index is 13.5. The first kappa shape index (κ1) is 27.0. The van der Waals surface area contributed by atoms with Gasteiger partial charge in [-0.05, 0) is 65.7 Å². The highest BCUT2D eigenvalue weighted by Crippen LogP contribution is 2.25. The number of hydrogen-bond acceptors (Lipinski definition) is 3. The molecule has 1 aromatic heterocycles. The van der Waals surface area contributed by atoms with Gasteiger partial charge in [-0.1, -0.05) is 49.2 Å². The summed E-state index contributed by atoms with van der Waals surface area (Å²) in [6.07, 6.45) is 0. The summed E-state index contributed by atoms with van der Waals surface area (Å²) >= 11 is 13.6. The monoisotopic (exact) mass is 535 g/mol. The summed E-state index contributed by atoms with van der Waals surface area (Å²) in [5.41, 5.74) is 2.40. The molecule has 0 saturated carbocycles. The van der Waals surface area contributed by atoms with Gasteiger partial charge in [0.05, 0.1) is 16.6 Å². The van der Waals surface area contributed by atoms with Crippen LogP contribution in [0.25, 0.3) is 0 Å². The zero-order valence-corrected chi connectivity index (χ0v) is 22.2. The Balaban J connectivity index is 1.79. The Morgan fingerprint density at radius 2 is 1.71 bits per heavy atom. The first-order chi connectivity index (χ1) is 16.6. The molecule has 9 heteroatoms. The second-order valence-corrected chi connectivity index (χ2v) is 10.6. The van der Waals surface area contributed by atoms with Crippen LogP contribution in [0.4, 0.5) is 14.9 Å². The lowest BCUT2D eigenvalue weighted by Crippen LogP contribution is -2.45. The molecule has 186 valence electrons. The number of carbonyl (C=O) groups excluding carboxylic acids is 2. The molecular weight excluding hydrogens is 508 g/mol. The molecule has 0 saturated heterocycles. The van der Waals surface area contributed by atoms with E-state index in [2.05, 4.69) is 5.32 Å². The van der Waals surface area contributed by atoms with Gasteiger partial charge in [0.15, 0.2) is 0 Å². The summed E-state index contributed by atoms with van der Waals surface area (Å²) in [5.74, 6) is -0.387. The van der Waals surface area contributed by atoms with Gasteiger partial charge in [0.2, 0.25) is 5.91 Å². The van der Waals surface area contributed by atoms with Crippen molar-refractivity contribution in [2.45, 2.75) is 33.9 Å². The zero-order chi connectivity index (χ0) is 25.5. The average molecular weight is 537 g/mol. The SMILES string of the molecule is Cc1ccsc1CN(Cc1ccc(F)cc1)C(=O)CN(CC(C)C)C(=O)Nc1ccc(Cl)c(Cl)c1. The molecule has 0 aliphatic rings. The van der Waals surface area contributed by atoms with Crippen LogP contribution in [-0.2, 0) is 17.9 Å². The summed E-state index contributed by atoms with van der Waals surface area (Å²) in [7, 11) is 0. The number of anilines is 1. The second-order valence-electron chi connectivity index (χ2n) is 8.74. The van der Waals surface area contributed by atoms with Gasteiger partial charge in [0.25, 0.3) is 0 Å². The fourth-order valence-corrected chi connectivity index (χ4v) is 4.70. The third-order valence-corrected chi connectivity index (χ3v) is 7.06. The van der Waals surface area contributed by atoms with Crippen LogP contribution in [-0.4, -0.2) is 34.8 Å². The average Bonchev–Trinajstić information content (AvgIpc) is 3.20. The van der Waals surface area contributed by atoms with Crippen LogP contribution in [0, 0.1) is 18.7 Å². The van der Waals surface area contributed by atoms with E-state index >= 15 is 0 Å². The zero-order valence-electron chi connectivity index (χ0n) is 19.9. The molecule has 3 amide bonds. The molecule has 3 aromatic rings. The number of amides is 3. The Kier molecular flexibility index (Phi) is 9.55. The predicted octanol–water partition coefficient (Wildman–Crippen LogP) is 7.22. The van der Waals surface area contributed by atoms with Crippen molar-refractivity contribution in [2.24, 2.45) is 5.92 Å². The Morgan fingerprint density at radius 1 is 1.00 bits per heavy atom. The second kappa shape index (κ2) is 12.4. The summed E-state index contributed by atoms with van der Waals surface area (Å²) in [4.78, 5) is 30.9. The molecule has 0 atom stereocenters. The van der Waals surface area contributed by atoms with E-state index < -0.39 is 6.03 Å². The quantitative estimate of drug-likeness (QED) is 0.314. The van der Waals surface area contributed by atoms with Crippen molar-refractivity contribution >= 4 is 52.2 Å². The fraction of sp³-hybridized carbons (Fsp3) is 0.308. The molecule has 0 bridgehead atoms. The number of aryl methyl sites for hydroxylation is 1. The molecule has 0 spiro atoms. The first-order valence-electron chi connectivity index (χ1n) is 11.2. The Labute approximate surface area is 219 Å². The molecule has 1 N–H and O–H groups in total. The van der Waals surface area contributed by atoms with E-state index in [1.807, 2.05) is 32.2 Å². The number of urea groups is 1. The molecule has 3 rings (SSSR count). The molecule has 0 unspecified atom stereocenters. The number of benzene rings is 2. The lowest BCUT2D eigenvalue weighted by Gasteiger charge is -2.29. The van der Waals surface area contributed by atoms with Crippen molar-refractivity contribution in [3.63, 3.8) is 0 Å². The normalized spacial score (nSPS) is 10.9. The Hall–Kier alpha value is -2.61. The van der Waals surface area contributed by atoms with Crippen molar-refractivity contribution in [3.8, 4) is 0 Å². The van der Waals surface area contributed by atoms with Crippen LogP contribution < -0.4 is 5.32 Å². The Bertz CT molecular complexity index is 1170. The molecule has 35 heavy (non-hydrogen) atoms. The summed E-state index contributed by atoms with van der Waals surface area (Å²) in [6.45, 7) is 6.97. The van der Waals surface area contributed by atoms with Crippen LogP contribution in [0.2, 0.25) is 10.0 Å². The van der Waals surface area contributed by atoms with E-state index in [1.165, 1.54) is 17.0 Å². The lowest BCUT2D eigenvalue weighted by molar-refractivity contribution is -0.133. The van der Waals surface area contributed by atoms with Crippen LogP contribution in [0.1, 0.15) is 29.9 Å². The van der Waals surface area contributed by atoms with E-state index in [1.54, 1.807) is 46.6 Å². The maximum Gasteiger partial charge on any atom is 0.322 e. The minimum absolute atomic E-state index is 0.100. The van der Waals surface area contributed by atoms with Crippen molar-refractivity contribution in [3.05, 3.63) is 85.8 Å². The van der Waals surface area contributed by atoms with Gasteiger partial charge in [0.1, 0.15) is 12.4 Å². The van der Waals surface area contributed by atoms with Crippen molar-refractivity contribution in [1.82, 2.24) is 9.80 Å². The first-order valence-corrected chi connectivity index (χ1v) is 12.8. The van der Waals surface area contributed by atoms with Gasteiger partial charge >= 0.3 is 6.03 Å². The number of hydrogen-bond donors (Lipinski definition) is 1. The van der Waals surface area contributed by atoms with E-state index in [0.29, 0.717) is 35.4 Å². The van der Waals surface area contributed by atoms with Crippen molar-refractivity contribution in [1.29, 1.82) is 0 Å². The smallest absolute Gasteiger partial charge is 0.322 e. The van der Waals surface area contributed by atoms with Gasteiger partial charge in [-0.25, -0.2) is 9.18 Å². The van der Waals surface area contributed by atoms with E-state index in [9.17, 15) is 14.0 Å².